The van der Waals surface area contributed by atoms with Crippen molar-refractivity contribution in [2.45, 2.75) is 55.4 Å². The Morgan fingerprint density at radius 3 is 2.62 bits per heavy atom. The summed E-state index contributed by atoms with van der Waals surface area (Å²) in [4.78, 5) is 5.05. The normalized spacial score (nSPS) is 39.3. The summed E-state index contributed by atoms with van der Waals surface area (Å²) >= 11 is 0. The maximum atomic E-state index is 12.3. The van der Waals surface area contributed by atoms with Crippen molar-refractivity contribution in [3.8, 4) is 0 Å². The van der Waals surface area contributed by atoms with Gasteiger partial charge in [-0.2, -0.15) is 0 Å². The van der Waals surface area contributed by atoms with Crippen LogP contribution in [0.5, 0.6) is 0 Å². The molecule has 2 heterocycles. The Balaban J connectivity index is 1.87. The molecular formula is C15H29N3O2S. The van der Waals surface area contributed by atoms with Crippen LogP contribution in [0, 0.1) is 0 Å². The van der Waals surface area contributed by atoms with E-state index in [0.29, 0.717) is 12.6 Å². The van der Waals surface area contributed by atoms with Gasteiger partial charge in [0.25, 0.3) is 0 Å². The number of fused-ring (bicyclic) bond motifs is 1. The number of nitrogens with zero attached hydrogens (tertiary/aromatic N) is 2. The van der Waals surface area contributed by atoms with Gasteiger partial charge in [0.15, 0.2) is 9.84 Å². The van der Waals surface area contributed by atoms with E-state index in [1.54, 1.807) is 0 Å². The lowest BCUT2D eigenvalue weighted by Gasteiger charge is -2.44. The average molecular weight is 315 g/mol. The quantitative estimate of drug-likeness (QED) is 0.819. The highest BCUT2D eigenvalue weighted by atomic mass is 32.2. The molecule has 0 spiro atoms. The summed E-state index contributed by atoms with van der Waals surface area (Å²) in [5.41, 5.74) is 5.84. The zero-order chi connectivity index (χ0) is 15.1. The Bertz CT molecular complexity index is 481. The lowest BCUT2D eigenvalue weighted by molar-refractivity contribution is 0.0916. The summed E-state index contributed by atoms with van der Waals surface area (Å²) in [7, 11) is -3.04. The zero-order valence-corrected chi connectivity index (χ0v) is 13.9. The first-order valence-electron chi connectivity index (χ1n) is 8.35. The van der Waals surface area contributed by atoms with Crippen LogP contribution in [0.3, 0.4) is 0 Å². The number of nitrogens with two attached hydrogens (primary N) is 1. The average Bonchev–Trinajstić information content (AvgIpc) is 3.01. The molecule has 2 N–H and O–H groups in total. The van der Waals surface area contributed by atoms with E-state index in [0.717, 1.165) is 45.3 Å². The van der Waals surface area contributed by atoms with E-state index in [-0.39, 0.29) is 10.8 Å². The highest BCUT2D eigenvalue weighted by molar-refractivity contribution is 7.91. The van der Waals surface area contributed by atoms with Gasteiger partial charge in [0.2, 0.25) is 0 Å². The number of rotatable bonds is 3. The lowest BCUT2D eigenvalue weighted by atomic mass is 9.93. The van der Waals surface area contributed by atoms with Crippen LogP contribution < -0.4 is 5.73 Å². The fourth-order valence-electron chi connectivity index (χ4n) is 4.97. The third kappa shape index (κ3) is 2.76. The van der Waals surface area contributed by atoms with Crippen LogP contribution >= 0.6 is 0 Å². The molecule has 2 aliphatic heterocycles. The van der Waals surface area contributed by atoms with Crippen LogP contribution in [0.25, 0.3) is 0 Å². The van der Waals surface area contributed by atoms with Gasteiger partial charge in [-0.25, -0.2) is 8.42 Å². The van der Waals surface area contributed by atoms with Gasteiger partial charge in [0.1, 0.15) is 0 Å². The third-order valence-electron chi connectivity index (χ3n) is 5.98. The lowest BCUT2D eigenvalue weighted by Crippen LogP contribution is -2.62. The van der Waals surface area contributed by atoms with Crippen LogP contribution in [0.4, 0.5) is 0 Å². The molecule has 6 heteroatoms. The predicted molar refractivity (Wildman–Crippen MR) is 85.1 cm³/mol. The zero-order valence-electron chi connectivity index (χ0n) is 13.1. The van der Waals surface area contributed by atoms with Crippen molar-refractivity contribution in [2.75, 3.05) is 39.0 Å². The minimum atomic E-state index is -3.04. The van der Waals surface area contributed by atoms with Gasteiger partial charge in [-0.3, -0.25) is 9.80 Å². The van der Waals surface area contributed by atoms with Crippen molar-refractivity contribution < 1.29 is 8.42 Å². The summed E-state index contributed by atoms with van der Waals surface area (Å²) in [5.74, 6) is 0. The second kappa shape index (κ2) is 5.80. The summed E-state index contributed by atoms with van der Waals surface area (Å²) in [5, 5.41) is -0.275. The topological polar surface area (TPSA) is 66.6 Å². The molecule has 1 aliphatic carbocycles. The summed E-state index contributed by atoms with van der Waals surface area (Å²) < 4.78 is 24.5. The maximum Gasteiger partial charge on any atom is 0.152 e. The Kier molecular flexibility index (Phi) is 4.34. The fraction of sp³-hybridized carbons (Fsp3) is 1.00. The standard InChI is InChI=1S/C15H29N3O2S/c1-21(19,20)14-6-2-7-15(14,12-16)18-10-4-9-17-8-3-5-13(17)11-18/h13-14H,2-12,16H2,1H3. The van der Waals surface area contributed by atoms with Crippen molar-refractivity contribution in [1.82, 2.24) is 9.80 Å². The van der Waals surface area contributed by atoms with E-state index in [1.807, 2.05) is 0 Å². The van der Waals surface area contributed by atoms with E-state index in [9.17, 15) is 8.42 Å². The first kappa shape index (κ1) is 15.7. The highest BCUT2D eigenvalue weighted by Gasteiger charge is 2.51. The first-order valence-corrected chi connectivity index (χ1v) is 10.3. The first-order chi connectivity index (χ1) is 9.97. The van der Waals surface area contributed by atoms with Crippen molar-refractivity contribution in [1.29, 1.82) is 0 Å². The van der Waals surface area contributed by atoms with Gasteiger partial charge in [-0.05, 0) is 45.2 Å². The van der Waals surface area contributed by atoms with Gasteiger partial charge in [-0.15, -0.1) is 0 Å². The minimum Gasteiger partial charge on any atom is -0.329 e. The molecule has 3 atom stereocenters. The van der Waals surface area contributed by atoms with Gasteiger partial charge >= 0.3 is 0 Å². The molecule has 5 nitrogen and oxygen atoms in total. The summed E-state index contributed by atoms with van der Waals surface area (Å²) in [6.07, 6.45) is 7.76. The molecule has 21 heavy (non-hydrogen) atoms. The molecule has 0 radical (unpaired) electrons. The van der Waals surface area contributed by atoms with E-state index >= 15 is 0 Å². The van der Waals surface area contributed by atoms with E-state index in [4.69, 9.17) is 5.73 Å². The molecule has 0 aromatic heterocycles. The van der Waals surface area contributed by atoms with Crippen molar-refractivity contribution in [3.63, 3.8) is 0 Å². The van der Waals surface area contributed by atoms with Crippen LogP contribution in [0.15, 0.2) is 0 Å². The van der Waals surface area contributed by atoms with Gasteiger partial charge in [-0.1, -0.05) is 6.42 Å². The molecule has 0 amide bonds. The molecule has 3 rings (SSSR count). The molecule has 3 aliphatic rings. The monoisotopic (exact) mass is 315 g/mol. The smallest absolute Gasteiger partial charge is 0.152 e. The van der Waals surface area contributed by atoms with Gasteiger partial charge < -0.3 is 5.73 Å². The second-order valence-corrected chi connectivity index (χ2v) is 9.38. The molecule has 0 aromatic carbocycles. The molecule has 1 saturated carbocycles. The largest absolute Gasteiger partial charge is 0.329 e. The number of hydrogen-bond donors (Lipinski definition) is 1. The van der Waals surface area contributed by atoms with Crippen LogP contribution in [0.2, 0.25) is 0 Å². The maximum absolute atomic E-state index is 12.3. The Morgan fingerprint density at radius 1 is 1.14 bits per heavy atom. The molecule has 3 unspecified atom stereocenters. The Hall–Kier alpha value is -0.170. The van der Waals surface area contributed by atoms with E-state index < -0.39 is 9.84 Å². The van der Waals surface area contributed by atoms with Crippen LogP contribution in [-0.2, 0) is 9.84 Å². The SMILES string of the molecule is CS(=O)(=O)C1CCCC1(CN)N1CCCN2CCCC2C1. The number of hydrogen-bond acceptors (Lipinski definition) is 5. The van der Waals surface area contributed by atoms with Crippen molar-refractivity contribution >= 4 is 9.84 Å². The summed E-state index contributed by atoms with van der Waals surface area (Å²) in [6, 6.07) is 0.608. The Morgan fingerprint density at radius 2 is 1.90 bits per heavy atom. The van der Waals surface area contributed by atoms with Crippen LogP contribution in [-0.4, -0.2) is 74.0 Å². The van der Waals surface area contributed by atoms with E-state index in [1.165, 1.54) is 25.6 Å². The molecular weight excluding hydrogens is 286 g/mol. The fourth-order valence-corrected chi connectivity index (χ4v) is 6.73. The van der Waals surface area contributed by atoms with Crippen LogP contribution in [0.1, 0.15) is 38.5 Å². The van der Waals surface area contributed by atoms with Crippen molar-refractivity contribution in [3.05, 3.63) is 0 Å². The molecule has 2 saturated heterocycles. The second-order valence-electron chi connectivity index (χ2n) is 7.15. The molecule has 0 bridgehead atoms. The molecule has 0 aromatic rings. The Labute approximate surface area is 128 Å². The molecule has 122 valence electrons. The highest BCUT2D eigenvalue weighted by Crippen LogP contribution is 2.40. The predicted octanol–water partition coefficient (Wildman–Crippen LogP) is 0.451. The summed E-state index contributed by atoms with van der Waals surface area (Å²) in [6.45, 7) is 4.84. The minimum absolute atomic E-state index is 0.275. The molecule has 3 fully saturated rings. The number of sulfone groups is 1. The van der Waals surface area contributed by atoms with Gasteiger partial charge in [0, 0.05) is 37.5 Å². The van der Waals surface area contributed by atoms with Crippen molar-refractivity contribution in [2.24, 2.45) is 5.73 Å². The third-order valence-corrected chi connectivity index (χ3v) is 7.69. The van der Waals surface area contributed by atoms with Gasteiger partial charge in [0.05, 0.1) is 5.25 Å². The van der Waals surface area contributed by atoms with E-state index in [2.05, 4.69) is 9.80 Å².